The van der Waals surface area contributed by atoms with E-state index in [1.54, 1.807) is 12.1 Å². The maximum absolute atomic E-state index is 10.1. The van der Waals surface area contributed by atoms with E-state index < -0.39 is 0 Å². The molecule has 0 aliphatic rings. The van der Waals surface area contributed by atoms with E-state index in [9.17, 15) is 5.11 Å². The third-order valence-corrected chi connectivity index (χ3v) is 5.05. The van der Waals surface area contributed by atoms with E-state index in [1.165, 1.54) is 5.56 Å². The number of hydrogen-bond donors (Lipinski definition) is 2. The predicted octanol–water partition coefficient (Wildman–Crippen LogP) is 5.60. The second kappa shape index (κ2) is 6.37. The molecule has 0 unspecified atom stereocenters. The fourth-order valence-corrected chi connectivity index (χ4v) is 3.51. The molecule has 0 aliphatic carbocycles. The van der Waals surface area contributed by atoms with Gasteiger partial charge in [0.05, 0.1) is 11.0 Å². The quantitative estimate of drug-likeness (QED) is 0.476. The summed E-state index contributed by atoms with van der Waals surface area (Å²) in [5, 5.41) is 10.1. The fourth-order valence-electron chi connectivity index (χ4n) is 3.08. The Kier molecular flexibility index (Phi) is 4.06. The topological polar surface area (TPSA) is 48.9 Å². The average molecular weight is 393 g/mol. The Morgan fingerprint density at radius 3 is 2.64 bits per heavy atom. The van der Waals surface area contributed by atoms with E-state index in [-0.39, 0.29) is 5.75 Å². The first-order valence-corrected chi connectivity index (χ1v) is 8.91. The van der Waals surface area contributed by atoms with Gasteiger partial charge in [0.15, 0.2) is 0 Å². The summed E-state index contributed by atoms with van der Waals surface area (Å²) in [5.74, 6) is 1.06. The molecule has 25 heavy (non-hydrogen) atoms. The summed E-state index contributed by atoms with van der Waals surface area (Å²) < 4.78 is 1.06. The summed E-state index contributed by atoms with van der Waals surface area (Å²) in [6.07, 6.45) is 0.699. The normalized spacial score (nSPS) is 11.1. The van der Waals surface area contributed by atoms with E-state index in [0.29, 0.717) is 6.42 Å². The van der Waals surface area contributed by atoms with Crippen LogP contribution in [0, 0.1) is 6.92 Å². The number of hydrogen-bond acceptors (Lipinski definition) is 2. The molecule has 4 heteroatoms. The highest BCUT2D eigenvalue weighted by Gasteiger charge is 2.12. The molecular formula is C21H17BrN2O. The SMILES string of the molecule is Cc1cccc(-c2nc3c(Cc4ccccc4Br)cc(O)cc3[nH]2)c1. The van der Waals surface area contributed by atoms with Crippen LogP contribution in [0.4, 0.5) is 0 Å². The van der Waals surface area contributed by atoms with Crippen LogP contribution in [-0.4, -0.2) is 15.1 Å². The van der Waals surface area contributed by atoms with E-state index in [2.05, 4.69) is 46.0 Å². The Labute approximate surface area is 154 Å². The van der Waals surface area contributed by atoms with Crippen molar-refractivity contribution in [2.75, 3.05) is 0 Å². The number of imidazole rings is 1. The van der Waals surface area contributed by atoms with Crippen molar-refractivity contribution in [2.45, 2.75) is 13.3 Å². The van der Waals surface area contributed by atoms with Crippen LogP contribution in [0.15, 0.2) is 65.1 Å². The molecule has 0 aliphatic heterocycles. The number of aromatic hydroxyl groups is 1. The van der Waals surface area contributed by atoms with E-state index in [4.69, 9.17) is 4.98 Å². The number of phenols is 1. The number of aromatic amines is 1. The smallest absolute Gasteiger partial charge is 0.138 e. The first kappa shape index (κ1) is 15.9. The molecule has 3 aromatic carbocycles. The van der Waals surface area contributed by atoms with Crippen molar-refractivity contribution in [1.29, 1.82) is 0 Å². The molecule has 1 heterocycles. The number of phenolic OH excluding ortho intramolecular Hbond substituents is 1. The summed E-state index contributed by atoms with van der Waals surface area (Å²) in [6.45, 7) is 2.07. The van der Waals surface area contributed by atoms with Crippen LogP contribution in [0.25, 0.3) is 22.4 Å². The number of benzene rings is 3. The molecule has 0 atom stereocenters. The number of nitrogens with one attached hydrogen (secondary N) is 1. The lowest BCUT2D eigenvalue weighted by molar-refractivity contribution is 0.475. The van der Waals surface area contributed by atoms with Gasteiger partial charge in [-0.25, -0.2) is 4.98 Å². The van der Waals surface area contributed by atoms with Gasteiger partial charge in [-0.05, 0) is 36.2 Å². The Hall–Kier alpha value is -2.59. The molecule has 2 N–H and O–H groups in total. The predicted molar refractivity (Wildman–Crippen MR) is 105 cm³/mol. The van der Waals surface area contributed by atoms with Crippen LogP contribution in [0.3, 0.4) is 0 Å². The molecule has 3 nitrogen and oxygen atoms in total. The molecule has 0 saturated carbocycles. The largest absolute Gasteiger partial charge is 0.508 e. The lowest BCUT2D eigenvalue weighted by atomic mass is 10.0. The molecule has 4 rings (SSSR count). The third kappa shape index (κ3) is 3.17. The van der Waals surface area contributed by atoms with Crippen LogP contribution < -0.4 is 0 Å². The standard InChI is InChI=1S/C21H17BrN2O/c1-13-5-4-7-15(9-13)21-23-19-12-17(25)11-16(20(19)24-21)10-14-6-2-3-8-18(14)22/h2-9,11-12,25H,10H2,1H3,(H,23,24). The second-order valence-electron chi connectivity index (χ2n) is 6.22. The second-order valence-corrected chi connectivity index (χ2v) is 7.08. The average Bonchev–Trinajstić information content (AvgIpc) is 3.01. The molecule has 0 spiro atoms. The minimum absolute atomic E-state index is 0.244. The van der Waals surface area contributed by atoms with Gasteiger partial charge in [0, 0.05) is 22.5 Å². The molecule has 1 aromatic heterocycles. The summed E-state index contributed by atoms with van der Waals surface area (Å²) in [7, 11) is 0. The maximum Gasteiger partial charge on any atom is 0.138 e. The third-order valence-electron chi connectivity index (χ3n) is 4.28. The number of fused-ring (bicyclic) bond motifs is 1. The molecule has 0 fully saturated rings. The van der Waals surface area contributed by atoms with E-state index in [0.717, 1.165) is 38.0 Å². The van der Waals surface area contributed by atoms with Gasteiger partial charge in [-0.1, -0.05) is 57.9 Å². The van der Waals surface area contributed by atoms with Gasteiger partial charge in [0.25, 0.3) is 0 Å². The van der Waals surface area contributed by atoms with Crippen molar-refractivity contribution in [3.05, 3.63) is 81.8 Å². The molecular weight excluding hydrogens is 376 g/mol. The summed E-state index contributed by atoms with van der Waals surface area (Å²) >= 11 is 3.60. The van der Waals surface area contributed by atoms with Crippen LogP contribution in [-0.2, 0) is 6.42 Å². The van der Waals surface area contributed by atoms with Crippen molar-refractivity contribution in [3.8, 4) is 17.1 Å². The minimum Gasteiger partial charge on any atom is -0.508 e. The first-order chi connectivity index (χ1) is 12.1. The van der Waals surface area contributed by atoms with Crippen LogP contribution in [0.1, 0.15) is 16.7 Å². The van der Waals surface area contributed by atoms with E-state index in [1.807, 2.05) is 30.3 Å². The van der Waals surface area contributed by atoms with Crippen molar-refractivity contribution >= 4 is 27.0 Å². The number of rotatable bonds is 3. The number of aromatic nitrogens is 2. The first-order valence-electron chi connectivity index (χ1n) is 8.12. The maximum atomic E-state index is 10.1. The highest BCUT2D eigenvalue weighted by Crippen LogP contribution is 2.30. The lowest BCUT2D eigenvalue weighted by Gasteiger charge is -2.06. The Balaban J connectivity index is 1.83. The van der Waals surface area contributed by atoms with Gasteiger partial charge >= 0.3 is 0 Å². The zero-order chi connectivity index (χ0) is 17.4. The van der Waals surface area contributed by atoms with Crippen LogP contribution in [0.5, 0.6) is 5.75 Å². The van der Waals surface area contributed by atoms with Crippen molar-refractivity contribution in [1.82, 2.24) is 9.97 Å². The number of aryl methyl sites for hydroxylation is 1. The van der Waals surface area contributed by atoms with Gasteiger partial charge in [-0.15, -0.1) is 0 Å². The Morgan fingerprint density at radius 1 is 1.00 bits per heavy atom. The molecule has 0 amide bonds. The van der Waals surface area contributed by atoms with Crippen LogP contribution >= 0.6 is 15.9 Å². The van der Waals surface area contributed by atoms with Gasteiger partial charge < -0.3 is 10.1 Å². The highest BCUT2D eigenvalue weighted by molar-refractivity contribution is 9.10. The monoisotopic (exact) mass is 392 g/mol. The highest BCUT2D eigenvalue weighted by atomic mass is 79.9. The van der Waals surface area contributed by atoms with Crippen LogP contribution in [0.2, 0.25) is 0 Å². The van der Waals surface area contributed by atoms with Crippen molar-refractivity contribution < 1.29 is 5.11 Å². The molecule has 124 valence electrons. The fraction of sp³-hybridized carbons (Fsp3) is 0.0952. The molecule has 0 saturated heterocycles. The van der Waals surface area contributed by atoms with Gasteiger partial charge in [-0.3, -0.25) is 0 Å². The number of H-pyrrole nitrogens is 1. The van der Waals surface area contributed by atoms with E-state index >= 15 is 0 Å². The van der Waals surface area contributed by atoms with Crippen molar-refractivity contribution in [2.24, 2.45) is 0 Å². The number of halogens is 1. The summed E-state index contributed by atoms with van der Waals surface area (Å²) in [5.41, 5.74) is 6.13. The Morgan fingerprint density at radius 2 is 1.84 bits per heavy atom. The molecule has 0 radical (unpaired) electrons. The van der Waals surface area contributed by atoms with Crippen molar-refractivity contribution in [3.63, 3.8) is 0 Å². The molecule has 0 bridgehead atoms. The van der Waals surface area contributed by atoms with Gasteiger partial charge in [0.2, 0.25) is 0 Å². The Bertz CT molecular complexity index is 1070. The van der Waals surface area contributed by atoms with Gasteiger partial charge in [-0.2, -0.15) is 0 Å². The zero-order valence-electron chi connectivity index (χ0n) is 13.8. The lowest BCUT2D eigenvalue weighted by Crippen LogP contribution is -1.91. The van der Waals surface area contributed by atoms with Gasteiger partial charge in [0.1, 0.15) is 11.6 Å². The zero-order valence-corrected chi connectivity index (χ0v) is 15.3. The minimum atomic E-state index is 0.244. The number of nitrogens with zero attached hydrogens (tertiary/aromatic N) is 1. The summed E-state index contributed by atoms with van der Waals surface area (Å²) in [4.78, 5) is 8.15. The molecule has 4 aromatic rings. The summed E-state index contributed by atoms with van der Waals surface area (Å²) in [6, 6.07) is 19.9.